The fourth-order valence-electron chi connectivity index (χ4n) is 3.28. The first-order chi connectivity index (χ1) is 16.0. The van der Waals surface area contributed by atoms with Gasteiger partial charge in [0.1, 0.15) is 11.8 Å². The number of methoxy groups -OCH3 is 1. The summed E-state index contributed by atoms with van der Waals surface area (Å²) in [5, 5.41) is 2.86. The highest BCUT2D eigenvalue weighted by molar-refractivity contribution is 7.88. The Hall–Kier alpha value is -2.91. The number of sulfonamides is 1. The molecular formula is C25H35N3O5S. The Morgan fingerprint density at radius 1 is 0.941 bits per heavy atom. The molecule has 0 unspecified atom stereocenters. The maximum absolute atomic E-state index is 13.4. The number of benzene rings is 2. The summed E-state index contributed by atoms with van der Waals surface area (Å²) in [6, 6.07) is 15.5. The molecule has 0 aromatic heterocycles. The van der Waals surface area contributed by atoms with Crippen molar-refractivity contribution in [1.29, 1.82) is 0 Å². The second-order valence-electron chi connectivity index (χ2n) is 8.70. The highest BCUT2D eigenvalue weighted by Gasteiger charge is 2.30. The quantitative estimate of drug-likeness (QED) is 0.495. The second kappa shape index (κ2) is 12.5. The zero-order valence-electron chi connectivity index (χ0n) is 20.5. The summed E-state index contributed by atoms with van der Waals surface area (Å²) in [5.41, 5.74) is 1.57. The van der Waals surface area contributed by atoms with Crippen molar-refractivity contribution < 1.29 is 22.7 Å². The molecule has 0 saturated carbocycles. The molecule has 0 aliphatic heterocycles. The number of carbonyl (C=O) groups excluding carboxylic acids is 2. The van der Waals surface area contributed by atoms with Crippen molar-refractivity contribution in [3.8, 4) is 5.75 Å². The van der Waals surface area contributed by atoms with Crippen LogP contribution in [0.25, 0.3) is 0 Å². The summed E-state index contributed by atoms with van der Waals surface area (Å²) in [6.45, 7) is 5.96. The number of carbonyl (C=O) groups is 2. The van der Waals surface area contributed by atoms with Crippen molar-refractivity contribution in [1.82, 2.24) is 14.5 Å². The van der Waals surface area contributed by atoms with Crippen LogP contribution in [0.15, 0.2) is 54.6 Å². The molecular weight excluding hydrogens is 454 g/mol. The molecule has 0 spiro atoms. The zero-order chi connectivity index (χ0) is 25.3. The summed E-state index contributed by atoms with van der Waals surface area (Å²) < 4.78 is 31.3. The van der Waals surface area contributed by atoms with E-state index >= 15 is 0 Å². The third-order valence-electron chi connectivity index (χ3n) is 5.35. The first kappa shape index (κ1) is 27.3. The summed E-state index contributed by atoms with van der Waals surface area (Å²) in [6.07, 6.45) is 1.08. The van der Waals surface area contributed by atoms with Gasteiger partial charge in [0.25, 0.3) is 0 Å². The largest absolute Gasteiger partial charge is 0.497 e. The highest BCUT2D eigenvalue weighted by Crippen LogP contribution is 2.16. The van der Waals surface area contributed by atoms with Crippen LogP contribution >= 0.6 is 0 Å². The van der Waals surface area contributed by atoms with E-state index in [1.165, 1.54) is 4.90 Å². The Morgan fingerprint density at radius 3 is 2.06 bits per heavy atom. The van der Waals surface area contributed by atoms with Gasteiger partial charge < -0.3 is 15.0 Å². The lowest BCUT2D eigenvalue weighted by Crippen LogP contribution is -2.51. The van der Waals surface area contributed by atoms with Gasteiger partial charge in [-0.1, -0.05) is 56.3 Å². The molecule has 1 atom stereocenters. The molecule has 0 fully saturated rings. The molecule has 0 aliphatic rings. The van der Waals surface area contributed by atoms with E-state index in [1.807, 2.05) is 44.2 Å². The Morgan fingerprint density at radius 2 is 1.53 bits per heavy atom. The Kier molecular flexibility index (Phi) is 10.1. The Balaban J connectivity index is 2.28. The maximum atomic E-state index is 13.4. The lowest BCUT2D eigenvalue weighted by atomic mass is 10.1. The lowest BCUT2D eigenvalue weighted by Gasteiger charge is -2.31. The molecule has 0 heterocycles. The van der Waals surface area contributed by atoms with Gasteiger partial charge in [0.2, 0.25) is 21.8 Å². The van der Waals surface area contributed by atoms with E-state index in [-0.39, 0.29) is 31.5 Å². The predicted molar refractivity (Wildman–Crippen MR) is 133 cm³/mol. The third-order valence-corrected chi connectivity index (χ3v) is 6.54. The molecule has 2 amide bonds. The molecule has 0 aliphatic carbocycles. The zero-order valence-corrected chi connectivity index (χ0v) is 21.3. The fraction of sp³-hybridized carbons (Fsp3) is 0.440. The summed E-state index contributed by atoms with van der Waals surface area (Å²) in [7, 11) is -2.10. The van der Waals surface area contributed by atoms with E-state index in [2.05, 4.69) is 5.32 Å². The lowest BCUT2D eigenvalue weighted by molar-refractivity contribution is -0.140. The van der Waals surface area contributed by atoms with Gasteiger partial charge in [-0.25, -0.2) is 8.42 Å². The highest BCUT2D eigenvalue weighted by atomic mass is 32.2. The molecule has 34 heavy (non-hydrogen) atoms. The smallest absolute Gasteiger partial charge is 0.242 e. The Labute approximate surface area is 202 Å². The molecule has 186 valence electrons. The van der Waals surface area contributed by atoms with E-state index in [1.54, 1.807) is 38.3 Å². The van der Waals surface area contributed by atoms with Crippen molar-refractivity contribution >= 4 is 21.8 Å². The minimum atomic E-state index is -3.67. The van der Waals surface area contributed by atoms with Crippen LogP contribution in [0, 0.1) is 5.92 Å². The Bertz CT molecular complexity index is 1040. The van der Waals surface area contributed by atoms with Crippen LogP contribution in [0.1, 0.15) is 31.9 Å². The molecule has 0 radical (unpaired) electrons. The van der Waals surface area contributed by atoms with Gasteiger partial charge >= 0.3 is 0 Å². The monoisotopic (exact) mass is 489 g/mol. The molecule has 2 rings (SSSR count). The molecule has 9 heteroatoms. The number of nitrogens with zero attached hydrogens (tertiary/aromatic N) is 2. The van der Waals surface area contributed by atoms with E-state index in [4.69, 9.17) is 4.74 Å². The van der Waals surface area contributed by atoms with Gasteiger partial charge in [0.15, 0.2) is 0 Å². The fourth-order valence-corrected chi connectivity index (χ4v) is 4.01. The number of nitrogens with one attached hydrogen (secondary N) is 1. The predicted octanol–water partition coefficient (Wildman–Crippen LogP) is 2.65. The first-order valence-corrected chi connectivity index (χ1v) is 13.0. The normalized spacial score (nSPS) is 12.4. The van der Waals surface area contributed by atoms with Gasteiger partial charge in [-0.2, -0.15) is 4.31 Å². The van der Waals surface area contributed by atoms with Crippen molar-refractivity contribution in [2.24, 2.45) is 5.92 Å². The number of hydrogen-bond acceptors (Lipinski definition) is 5. The number of ether oxygens (including phenoxy) is 1. The summed E-state index contributed by atoms with van der Waals surface area (Å²) in [5.74, 6) is 0.192. The SMILES string of the molecule is COc1ccc(CN(C(=O)CN(Cc2ccccc2)S(C)(=O)=O)[C@@H](C)C(=O)NCC(C)C)cc1. The van der Waals surface area contributed by atoms with Gasteiger partial charge in [0, 0.05) is 19.6 Å². The van der Waals surface area contributed by atoms with Crippen molar-refractivity contribution in [2.45, 2.75) is 39.9 Å². The van der Waals surface area contributed by atoms with E-state index in [0.29, 0.717) is 12.3 Å². The topological polar surface area (TPSA) is 96.0 Å². The molecule has 0 bridgehead atoms. The van der Waals surface area contributed by atoms with Crippen LogP contribution in [0.4, 0.5) is 0 Å². The first-order valence-electron chi connectivity index (χ1n) is 11.2. The summed E-state index contributed by atoms with van der Waals surface area (Å²) >= 11 is 0. The number of amides is 2. The van der Waals surface area contributed by atoms with Crippen LogP contribution in [-0.4, -0.2) is 61.9 Å². The second-order valence-corrected chi connectivity index (χ2v) is 10.7. The van der Waals surface area contributed by atoms with Crippen molar-refractivity contribution in [3.63, 3.8) is 0 Å². The van der Waals surface area contributed by atoms with Crippen LogP contribution in [0.5, 0.6) is 5.75 Å². The third kappa shape index (κ3) is 8.46. The minimum Gasteiger partial charge on any atom is -0.497 e. The van der Waals surface area contributed by atoms with Crippen LogP contribution in [0.2, 0.25) is 0 Å². The number of rotatable bonds is 12. The van der Waals surface area contributed by atoms with E-state index < -0.39 is 22.0 Å². The average molecular weight is 490 g/mol. The van der Waals surface area contributed by atoms with Crippen LogP contribution in [-0.2, 0) is 32.7 Å². The molecule has 0 saturated heterocycles. The molecule has 1 N–H and O–H groups in total. The van der Waals surface area contributed by atoms with Gasteiger partial charge in [-0.05, 0) is 36.1 Å². The average Bonchev–Trinajstić information content (AvgIpc) is 2.80. The molecule has 2 aromatic carbocycles. The molecule has 2 aromatic rings. The van der Waals surface area contributed by atoms with Gasteiger partial charge in [0.05, 0.1) is 19.9 Å². The standard InChI is InChI=1S/C25H35N3O5S/c1-19(2)15-26-25(30)20(3)28(17-22-11-13-23(33-4)14-12-22)24(29)18-27(34(5,31)32)16-21-9-7-6-8-10-21/h6-14,19-20H,15-18H2,1-5H3,(H,26,30)/t20-/m0/s1. The van der Waals surface area contributed by atoms with Crippen LogP contribution < -0.4 is 10.1 Å². The van der Waals surface area contributed by atoms with Crippen LogP contribution in [0.3, 0.4) is 0 Å². The van der Waals surface area contributed by atoms with Gasteiger partial charge in [-0.15, -0.1) is 0 Å². The van der Waals surface area contributed by atoms with E-state index in [9.17, 15) is 18.0 Å². The summed E-state index contributed by atoms with van der Waals surface area (Å²) in [4.78, 5) is 27.6. The van der Waals surface area contributed by atoms with Gasteiger partial charge in [-0.3, -0.25) is 9.59 Å². The van der Waals surface area contributed by atoms with E-state index in [0.717, 1.165) is 21.7 Å². The number of hydrogen-bond donors (Lipinski definition) is 1. The van der Waals surface area contributed by atoms with Crippen molar-refractivity contribution in [2.75, 3.05) is 26.5 Å². The minimum absolute atomic E-state index is 0.0652. The maximum Gasteiger partial charge on any atom is 0.242 e. The van der Waals surface area contributed by atoms with Crippen molar-refractivity contribution in [3.05, 3.63) is 65.7 Å². The molecule has 8 nitrogen and oxygen atoms in total.